The number of piperidine rings is 1. The highest BCUT2D eigenvalue weighted by atomic mass is 16.5. The second kappa shape index (κ2) is 7.51. The van der Waals surface area contributed by atoms with E-state index in [1.54, 1.807) is 31.5 Å². The quantitative estimate of drug-likeness (QED) is 0.686. The molecule has 116 valence electrons. The summed E-state index contributed by atoms with van der Waals surface area (Å²) in [6.45, 7) is 3.00. The predicted molar refractivity (Wildman–Crippen MR) is 85.3 cm³/mol. The number of rotatable bonds is 4. The second-order valence-corrected chi connectivity index (χ2v) is 5.39. The van der Waals surface area contributed by atoms with E-state index in [0.717, 1.165) is 19.4 Å². The molecule has 2 rings (SSSR count). The zero-order chi connectivity index (χ0) is 15.9. The zero-order valence-corrected chi connectivity index (χ0v) is 13.0. The van der Waals surface area contributed by atoms with Gasteiger partial charge in [0.2, 0.25) is 0 Å². The van der Waals surface area contributed by atoms with E-state index in [1.165, 1.54) is 6.42 Å². The molecular formula is C17H21N3O2. The molecule has 0 saturated carbocycles. The topological polar surface area (TPSA) is 65.4 Å². The van der Waals surface area contributed by atoms with Gasteiger partial charge in [-0.05, 0) is 38.3 Å². The van der Waals surface area contributed by atoms with Gasteiger partial charge in [-0.3, -0.25) is 4.79 Å². The van der Waals surface area contributed by atoms with Crippen LogP contribution in [0.1, 0.15) is 26.2 Å². The van der Waals surface area contributed by atoms with Gasteiger partial charge in [0.1, 0.15) is 17.4 Å². The molecular weight excluding hydrogens is 278 g/mol. The molecule has 0 aromatic heterocycles. The number of carbonyl (C=O) groups excluding carboxylic acids is 1. The Labute approximate surface area is 131 Å². The summed E-state index contributed by atoms with van der Waals surface area (Å²) in [5, 5.41) is 12.0. The van der Waals surface area contributed by atoms with Crippen LogP contribution in [0.3, 0.4) is 0 Å². The third-order valence-electron chi connectivity index (χ3n) is 3.87. The average molecular weight is 299 g/mol. The molecule has 5 heteroatoms. The molecule has 0 radical (unpaired) electrons. The first kappa shape index (κ1) is 15.9. The van der Waals surface area contributed by atoms with Crippen molar-refractivity contribution in [2.45, 2.75) is 32.2 Å². The van der Waals surface area contributed by atoms with Crippen LogP contribution >= 0.6 is 0 Å². The molecule has 5 nitrogen and oxygen atoms in total. The third-order valence-corrected chi connectivity index (χ3v) is 3.87. The monoisotopic (exact) mass is 299 g/mol. The van der Waals surface area contributed by atoms with Crippen LogP contribution in [0.15, 0.2) is 36.0 Å². The molecule has 0 aliphatic carbocycles. The highest BCUT2D eigenvalue weighted by Crippen LogP contribution is 2.24. The lowest BCUT2D eigenvalue weighted by Gasteiger charge is -2.32. The molecule has 0 bridgehead atoms. The van der Waals surface area contributed by atoms with E-state index in [4.69, 9.17) is 4.74 Å². The maximum absolute atomic E-state index is 12.3. The van der Waals surface area contributed by atoms with Gasteiger partial charge in [-0.2, -0.15) is 5.26 Å². The van der Waals surface area contributed by atoms with Gasteiger partial charge < -0.3 is 15.0 Å². The molecule has 1 aromatic rings. The highest BCUT2D eigenvalue weighted by Gasteiger charge is 2.18. The summed E-state index contributed by atoms with van der Waals surface area (Å²) in [5.41, 5.74) is 0.669. The Morgan fingerprint density at radius 2 is 2.23 bits per heavy atom. The number of amides is 1. The van der Waals surface area contributed by atoms with E-state index in [2.05, 4.69) is 17.1 Å². The summed E-state index contributed by atoms with van der Waals surface area (Å²) in [6.07, 6.45) is 5.05. The van der Waals surface area contributed by atoms with Gasteiger partial charge in [0.25, 0.3) is 5.91 Å². The van der Waals surface area contributed by atoms with Gasteiger partial charge in [-0.25, -0.2) is 0 Å². The predicted octanol–water partition coefficient (Wildman–Crippen LogP) is 2.92. The fourth-order valence-electron chi connectivity index (χ4n) is 2.55. The standard InChI is InChI=1S/C17H21N3O2/c1-13-7-5-6-10-20(13)12-14(11-18)17(21)19-15-8-3-4-9-16(15)22-2/h3-4,8-9,12-13H,5-7,10H2,1-2H3,(H,19,21)/b14-12-. The van der Waals surface area contributed by atoms with Crippen molar-refractivity contribution in [1.82, 2.24) is 4.90 Å². The molecule has 1 N–H and O–H groups in total. The van der Waals surface area contributed by atoms with Crippen molar-refractivity contribution in [3.05, 3.63) is 36.0 Å². The molecule has 1 saturated heterocycles. The van der Waals surface area contributed by atoms with Gasteiger partial charge >= 0.3 is 0 Å². The molecule has 1 aromatic carbocycles. The number of nitrogens with zero attached hydrogens (tertiary/aromatic N) is 2. The minimum atomic E-state index is -0.412. The number of nitriles is 1. The van der Waals surface area contributed by atoms with Crippen molar-refractivity contribution in [2.24, 2.45) is 0 Å². The van der Waals surface area contributed by atoms with E-state index in [-0.39, 0.29) is 5.57 Å². The smallest absolute Gasteiger partial charge is 0.267 e. The number of likely N-dealkylation sites (tertiary alicyclic amines) is 1. The van der Waals surface area contributed by atoms with Crippen LogP contribution < -0.4 is 10.1 Å². The Balaban J connectivity index is 2.13. The first-order chi connectivity index (χ1) is 10.7. The van der Waals surface area contributed by atoms with Gasteiger partial charge in [0, 0.05) is 18.8 Å². The average Bonchev–Trinajstić information content (AvgIpc) is 2.54. The van der Waals surface area contributed by atoms with Gasteiger partial charge in [-0.15, -0.1) is 0 Å². The number of carbonyl (C=O) groups is 1. The third kappa shape index (κ3) is 3.79. The van der Waals surface area contributed by atoms with Crippen LogP contribution in [0.4, 0.5) is 5.69 Å². The molecule has 1 aliphatic rings. The lowest BCUT2D eigenvalue weighted by atomic mass is 10.0. The maximum Gasteiger partial charge on any atom is 0.267 e. The Morgan fingerprint density at radius 1 is 1.45 bits per heavy atom. The van der Waals surface area contributed by atoms with Gasteiger partial charge in [0.15, 0.2) is 0 Å². The summed E-state index contributed by atoms with van der Waals surface area (Å²) in [4.78, 5) is 14.4. The Morgan fingerprint density at radius 3 is 2.91 bits per heavy atom. The van der Waals surface area contributed by atoms with Crippen LogP contribution in [0.5, 0.6) is 5.75 Å². The van der Waals surface area contributed by atoms with Crippen LogP contribution in [0.25, 0.3) is 0 Å². The minimum Gasteiger partial charge on any atom is -0.495 e. The van der Waals surface area contributed by atoms with Crippen molar-refractivity contribution in [2.75, 3.05) is 19.0 Å². The summed E-state index contributed by atoms with van der Waals surface area (Å²) in [5.74, 6) is 0.157. The van der Waals surface area contributed by atoms with Crippen LogP contribution in [0.2, 0.25) is 0 Å². The van der Waals surface area contributed by atoms with E-state index < -0.39 is 5.91 Å². The lowest BCUT2D eigenvalue weighted by Crippen LogP contribution is -2.34. The minimum absolute atomic E-state index is 0.111. The number of ether oxygens (including phenoxy) is 1. The van der Waals surface area contributed by atoms with Crippen molar-refractivity contribution in [3.63, 3.8) is 0 Å². The molecule has 1 aliphatic heterocycles. The number of hydrogen-bond donors (Lipinski definition) is 1. The SMILES string of the molecule is COc1ccccc1NC(=O)/C(C#N)=C\N1CCCCC1C. The second-order valence-electron chi connectivity index (χ2n) is 5.39. The summed E-state index contributed by atoms with van der Waals surface area (Å²) in [6, 6.07) is 9.49. The fraction of sp³-hybridized carbons (Fsp3) is 0.412. The van der Waals surface area contributed by atoms with Crippen LogP contribution in [-0.2, 0) is 4.79 Å². The number of hydrogen-bond acceptors (Lipinski definition) is 4. The normalized spacial score (nSPS) is 18.5. The molecule has 1 unspecified atom stereocenters. The molecule has 0 spiro atoms. The molecule has 1 atom stereocenters. The zero-order valence-electron chi connectivity index (χ0n) is 13.0. The highest BCUT2D eigenvalue weighted by molar-refractivity contribution is 6.07. The van der Waals surface area contributed by atoms with Gasteiger partial charge in [0.05, 0.1) is 12.8 Å². The van der Waals surface area contributed by atoms with Crippen molar-refractivity contribution in [3.8, 4) is 11.8 Å². The van der Waals surface area contributed by atoms with Crippen molar-refractivity contribution in [1.29, 1.82) is 5.26 Å². The molecule has 22 heavy (non-hydrogen) atoms. The number of benzene rings is 1. The van der Waals surface area contributed by atoms with E-state index in [0.29, 0.717) is 17.5 Å². The van der Waals surface area contributed by atoms with Crippen LogP contribution in [0, 0.1) is 11.3 Å². The summed E-state index contributed by atoms with van der Waals surface area (Å²) in [7, 11) is 1.54. The number of anilines is 1. The molecule has 1 fully saturated rings. The van der Waals surface area contributed by atoms with Crippen molar-refractivity contribution < 1.29 is 9.53 Å². The van der Waals surface area contributed by atoms with E-state index in [9.17, 15) is 10.1 Å². The Hall–Kier alpha value is -2.48. The fourth-order valence-corrected chi connectivity index (χ4v) is 2.55. The summed E-state index contributed by atoms with van der Waals surface area (Å²) < 4.78 is 5.20. The number of methoxy groups -OCH3 is 1. The Bertz CT molecular complexity index is 604. The number of nitrogens with one attached hydrogen (secondary N) is 1. The molecule has 1 amide bonds. The molecule has 1 heterocycles. The lowest BCUT2D eigenvalue weighted by molar-refractivity contribution is -0.112. The largest absolute Gasteiger partial charge is 0.495 e. The van der Waals surface area contributed by atoms with E-state index in [1.807, 2.05) is 12.1 Å². The summed E-state index contributed by atoms with van der Waals surface area (Å²) >= 11 is 0. The van der Waals surface area contributed by atoms with Crippen molar-refractivity contribution >= 4 is 11.6 Å². The first-order valence-corrected chi connectivity index (χ1v) is 7.47. The van der Waals surface area contributed by atoms with Gasteiger partial charge in [-0.1, -0.05) is 12.1 Å². The Kier molecular flexibility index (Phi) is 5.42. The first-order valence-electron chi connectivity index (χ1n) is 7.47. The number of para-hydroxylation sites is 2. The van der Waals surface area contributed by atoms with Crippen LogP contribution in [-0.4, -0.2) is 30.5 Å². The maximum atomic E-state index is 12.3. The van der Waals surface area contributed by atoms with E-state index >= 15 is 0 Å².